The Labute approximate surface area is 221 Å². The summed E-state index contributed by atoms with van der Waals surface area (Å²) in [7, 11) is 0. The standard InChI is InChI=1S/C10H6FN3S.C9H6FNO.CH4N2S.I2/c11-7-4-2-1-3-6(7)9-8(5-12)15-10(13)14-9;10-8-4-2-1-3-7(8)9(12)5-6-11;2-1(3)4;1-2/h1-4H,(H2,13,14);1-4H,5H2;(H4,2,3,4);. The molecule has 33 heavy (non-hydrogen) atoms. The van der Waals surface area contributed by atoms with Crippen LogP contribution in [-0.2, 0) is 0 Å². The van der Waals surface area contributed by atoms with Crippen LogP contribution in [0.5, 0.6) is 0 Å². The van der Waals surface area contributed by atoms with E-state index in [1.807, 2.05) is 6.07 Å². The first-order valence-electron chi connectivity index (χ1n) is 8.46. The number of thiazole rings is 1. The van der Waals surface area contributed by atoms with E-state index < -0.39 is 17.4 Å². The molecule has 0 spiro atoms. The van der Waals surface area contributed by atoms with Gasteiger partial charge >= 0.3 is 0 Å². The summed E-state index contributed by atoms with van der Waals surface area (Å²) < 4.78 is 26.2. The molecule has 7 nitrogen and oxygen atoms in total. The maximum Gasteiger partial charge on any atom is 0.181 e. The number of hydrogen-bond acceptors (Lipinski definition) is 7. The van der Waals surface area contributed by atoms with Gasteiger partial charge in [0.15, 0.2) is 16.0 Å². The largest absolute Gasteiger partial charge is 0.377 e. The Morgan fingerprint density at radius 1 is 1.06 bits per heavy atom. The fourth-order valence-electron chi connectivity index (χ4n) is 2.10. The monoisotopic (exact) mass is 712 g/mol. The zero-order chi connectivity index (χ0) is 25.4. The Morgan fingerprint density at radius 2 is 1.58 bits per heavy atom. The number of benzene rings is 2. The number of Topliss-reactive ketones (excluding diaryl/α,β-unsaturated/α-hetero) is 1. The minimum absolute atomic E-state index is 0.000000000000000222. The Morgan fingerprint density at radius 3 is 2.06 bits per heavy atom. The van der Waals surface area contributed by atoms with Gasteiger partial charge in [0.2, 0.25) is 0 Å². The number of hydrogen-bond donors (Lipinski definition) is 3. The highest BCUT2D eigenvalue weighted by atomic mass is 128. The van der Waals surface area contributed by atoms with Crippen LogP contribution in [0.15, 0.2) is 48.5 Å². The van der Waals surface area contributed by atoms with Crippen molar-refractivity contribution in [3.63, 3.8) is 0 Å². The number of thiocarbonyl (C=S) groups is 1. The third kappa shape index (κ3) is 11.3. The molecule has 0 unspecified atom stereocenters. The normalized spacial score (nSPS) is 8.67. The quantitative estimate of drug-likeness (QED) is 0.188. The highest BCUT2D eigenvalue weighted by molar-refractivity contribution is 15.0. The van der Waals surface area contributed by atoms with Gasteiger partial charge < -0.3 is 17.2 Å². The maximum absolute atomic E-state index is 13.4. The van der Waals surface area contributed by atoms with Crippen LogP contribution in [-0.4, -0.2) is 15.9 Å². The summed E-state index contributed by atoms with van der Waals surface area (Å²) >= 11 is 9.39. The molecule has 6 N–H and O–H groups in total. The molecule has 172 valence electrons. The van der Waals surface area contributed by atoms with Crippen molar-refractivity contribution in [3.05, 3.63) is 70.6 Å². The minimum atomic E-state index is -0.572. The molecule has 1 heterocycles. The smallest absolute Gasteiger partial charge is 0.181 e. The SMILES string of the molecule is II.N#CCC(=O)c1ccccc1F.N#Cc1sc(N)nc1-c1ccccc1F.NC(N)=S. The van der Waals surface area contributed by atoms with Crippen LogP contribution >= 0.6 is 60.8 Å². The number of rotatable bonds is 3. The molecule has 0 atom stereocenters. The van der Waals surface area contributed by atoms with Crippen molar-refractivity contribution in [3.8, 4) is 23.4 Å². The zero-order valence-electron chi connectivity index (χ0n) is 16.6. The number of nitriles is 2. The molecule has 2 aromatic carbocycles. The molecule has 0 saturated carbocycles. The van der Waals surface area contributed by atoms with Crippen LogP contribution in [0.3, 0.4) is 0 Å². The number of nitrogens with zero attached hydrogens (tertiary/aromatic N) is 3. The van der Waals surface area contributed by atoms with Gasteiger partial charge in [-0.25, -0.2) is 13.8 Å². The van der Waals surface area contributed by atoms with Gasteiger partial charge in [0.25, 0.3) is 0 Å². The number of ketones is 1. The molecular weight excluding hydrogens is 696 g/mol. The first-order valence-corrected chi connectivity index (χ1v) is 16.0. The minimum Gasteiger partial charge on any atom is -0.377 e. The van der Waals surface area contributed by atoms with Crippen molar-refractivity contribution in [1.82, 2.24) is 4.98 Å². The topological polar surface area (TPSA) is 156 Å². The number of halogens is 4. The molecule has 0 fully saturated rings. The molecule has 0 bridgehead atoms. The molecule has 0 radical (unpaired) electrons. The van der Waals surface area contributed by atoms with Crippen LogP contribution in [0.25, 0.3) is 11.3 Å². The highest BCUT2D eigenvalue weighted by Gasteiger charge is 2.14. The number of carbonyl (C=O) groups is 1. The summed E-state index contributed by atoms with van der Waals surface area (Å²) in [5.41, 5.74) is 15.3. The van der Waals surface area contributed by atoms with Gasteiger partial charge in [-0.15, -0.1) is 0 Å². The van der Waals surface area contributed by atoms with Crippen molar-refractivity contribution in [2.24, 2.45) is 11.5 Å². The van der Waals surface area contributed by atoms with E-state index in [4.69, 9.17) is 16.3 Å². The van der Waals surface area contributed by atoms with Gasteiger partial charge in [-0.3, -0.25) is 4.79 Å². The molecule has 0 saturated heterocycles. The predicted molar refractivity (Wildman–Crippen MR) is 147 cm³/mol. The average Bonchev–Trinajstić information content (AvgIpc) is 3.16. The van der Waals surface area contributed by atoms with E-state index in [0.29, 0.717) is 16.1 Å². The number of aromatic nitrogens is 1. The lowest BCUT2D eigenvalue weighted by Crippen LogP contribution is -2.18. The van der Waals surface area contributed by atoms with E-state index in [0.717, 1.165) is 11.3 Å². The zero-order valence-corrected chi connectivity index (χ0v) is 22.6. The lowest BCUT2D eigenvalue weighted by molar-refractivity contribution is 0.0994. The summed E-state index contributed by atoms with van der Waals surface area (Å²) in [6.07, 6.45) is -0.277. The van der Waals surface area contributed by atoms with Gasteiger partial charge in [0.1, 0.15) is 28.3 Å². The molecule has 0 amide bonds. The summed E-state index contributed by atoms with van der Waals surface area (Å²) in [5.74, 6) is -1.45. The Hall–Kier alpha value is -2.47. The van der Waals surface area contributed by atoms with Crippen LogP contribution in [0.2, 0.25) is 0 Å². The predicted octanol–water partition coefficient (Wildman–Crippen LogP) is 5.29. The van der Waals surface area contributed by atoms with E-state index in [1.54, 1.807) is 30.3 Å². The van der Waals surface area contributed by atoms with Crippen molar-refractivity contribution in [2.45, 2.75) is 6.42 Å². The second-order valence-electron chi connectivity index (χ2n) is 5.46. The van der Waals surface area contributed by atoms with Crippen molar-refractivity contribution >= 4 is 76.8 Å². The molecule has 0 aliphatic carbocycles. The van der Waals surface area contributed by atoms with Crippen LogP contribution < -0.4 is 17.2 Å². The lowest BCUT2D eigenvalue weighted by Gasteiger charge is -1.98. The van der Waals surface area contributed by atoms with Crippen LogP contribution in [0.1, 0.15) is 21.7 Å². The number of anilines is 1. The number of nitrogens with two attached hydrogens (primary N) is 3. The maximum atomic E-state index is 13.4. The molecule has 0 aliphatic heterocycles. The number of carbonyl (C=O) groups excluding carboxylic acids is 1. The van der Waals surface area contributed by atoms with E-state index in [1.165, 1.54) is 24.3 Å². The van der Waals surface area contributed by atoms with E-state index in [9.17, 15) is 13.6 Å². The summed E-state index contributed by atoms with van der Waals surface area (Å²) in [5, 5.41) is 17.3. The second kappa shape index (κ2) is 17.1. The van der Waals surface area contributed by atoms with Crippen LogP contribution in [0, 0.1) is 34.3 Å². The first kappa shape index (κ1) is 30.5. The average molecular weight is 712 g/mol. The summed E-state index contributed by atoms with van der Waals surface area (Å²) in [6.45, 7) is 0. The molecular formula is C20H16F2I2N6OS2. The van der Waals surface area contributed by atoms with Gasteiger partial charge in [-0.05, 0) is 36.5 Å². The number of nitrogen functional groups attached to an aromatic ring is 1. The fraction of sp³-hybridized carbons (Fsp3) is 0.0500. The van der Waals surface area contributed by atoms with Crippen LogP contribution in [0.4, 0.5) is 13.9 Å². The van der Waals surface area contributed by atoms with Crippen molar-refractivity contribution < 1.29 is 13.6 Å². The third-order valence-corrected chi connectivity index (χ3v) is 4.08. The van der Waals surface area contributed by atoms with E-state index >= 15 is 0 Å². The molecule has 13 heteroatoms. The summed E-state index contributed by atoms with van der Waals surface area (Å²) in [6, 6.07) is 15.4. The van der Waals surface area contributed by atoms with E-state index in [-0.39, 0.29) is 22.2 Å². The molecule has 0 aliphatic rings. The third-order valence-electron chi connectivity index (χ3n) is 3.29. The lowest BCUT2D eigenvalue weighted by atomic mass is 10.1. The van der Waals surface area contributed by atoms with Crippen molar-refractivity contribution in [2.75, 3.05) is 5.73 Å². The van der Waals surface area contributed by atoms with E-state index in [2.05, 4.69) is 65.9 Å². The van der Waals surface area contributed by atoms with Gasteiger partial charge in [0, 0.05) is 42.8 Å². The first-order chi connectivity index (χ1) is 15.7. The second-order valence-corrected chi connectivity index (χ2v) is 6.96. The van der Waals surface area contributed by atoms with Gasteiger partial charge in [-0.2, -0.15) is 10.5 Å². The van der Waals surface area contributed by atoms with Gasteiger partial charge in [0.05, 0.1) is 18.1 Å². The Kier molecular flexibility index (Phi) is 15.8. The molecule has 3 aromatic rings. The molecule has 1 aromatic heterocycles. The van der Waals surface area contributed by atoms with Crippen molar-refractivity contribution in [1.29, 1.82) is 10.5 Å². The summed E-state index contributed by atoms with van der Waals surface area (Å²) in [4.78, 5) is 15.3. The fourth-order valence-corrected chi connectivity index (χ4v) is 2.75. The molecule has 3 rings (SSSR count). The highest BCUT2D eigenvalue weighted by Crippen LogP contribution is 2.30. The van der Waals surface area contributed by atoms with Gasteiger partial charge in [-0.1, -0.05) is 35.6 Å². The Balaban J connectivity index is 0.000000511. The Bertz CT molecular complexity index is 1160.